The van der Waals surface area contributed by atoms with Gasteiger partial charge in [-0.2, -0.15) is 0 Å². The number of nitrogens with zero attached hydrogens (tertiary/aromatic N) is 2. The molecule has 0 atom stereocenters. The summed E-state index contributed by atoms with van der Waals surface area (Å²) >= 11 is 13.7. The van der Waals surface area contributed by atoms with Gasteiger partial charge in [0.05, 0.1) is 29.0 Å². The van der Waals surface area contributed by atoms with E-state index in [0.29, 0.717) is 10.0 Å². The van der Waals surface area contributed by atoms with Crippen molar-refractivity contribution < 1.29 is 17.5 Å². The van der Waals surface area contributed by atoms with Crippen molar-refractivity contribution in [2.45, 2.75) is 17.0 Å². The van der Waals surface area contributed by atoms with Gasteiger partial charge in [0.2, 0.25) is 0 Å². The molecule has 0 radical (unpaired) electrons. The highest BCUT2D eigenvalue weighted by molar-refractivity contribution is 7.98. The summed E-state index contributed by atoms with van der Waals surface area (Å²) < 4.78 is 35.4. The maximum atomic E-state index is 10.4. The van der Waals surface area contributed by atoms with Crippen LogP contribution in [0.1, 0.15) is 5.56 Å². The van der Waals surface area contributed by atoms with E-state index in [4.69, 9.17) is 23.2 Å². The molecule has 0 aliphatic heterocycles. The van der Waals surface area contributed by atoms with Crippen LogP contribution in [0.15, 0.2) is 46.5 Å². The number of aromatic nitrogens is 2. The molecule has 3 rings (SSSR count). The molecule has 0 saturated heterocycles. The summed E-state index contributed by atoms with van der Waals surface area (Å²) in [5.41, 5.74) is 3.12. The minimum absolute atomic E-state index is 0.178. The molecule has 9 heteroatoms. The number of thioether (sulfide) groups is 1. The molecule has 0 spiro atoms. The Balaban J connectivity index is 0.000000197. The predicted molar refractivity (Wildman–Crippen MR) is 105 cm³/mol. The summed E-state index contributed by atoms with van der Waals surface area (Å²) in [5, 5.41) is 2.36. The van der Waals surface area contributed by atoms with Crippen molar-refractivity contribution in [2.24, 2.45) is 14.1 Å². The van der Waals surface area contributed by atoms with Crippen LogP contribution in [0.2, 0.25) is 10.0 Å². The molecule has 0 saturated carbocycles. The van der Waals surface area contributed by atoms with Gasteiger partial charge in [-0.1, -0.05) is 40.9 Å². The third kappa shape index (κ3) is 4.53. The normalized spacial score (nSPS) is 11.3. The van der Waals surface area contributed by atoms with Gasteiger partial charge < -0.3 is 4.55 Å². The topological polar surface area (TPSA) is 66.0 Å². The molecule has 0 unspecified atom stereocenters. The maximum Gasteiger partial charge on any atom is 0.318 e. The van der Waals surface area contributed by atoms with Crippen molar-refractivity contribution in [1.82, 2.24) is 4.57 Å². The Morgan fingerprint density at radius 1 is 1.12 bits per heavy atom. The highest BCUT2D eigenvalue weighted by atomic mass is 35.5. The third-order valence-electron chi connectivity index (χ3n) is 3.81. The fourth-order valence-electron chi connectivity index (χ4n) is 2.47. The molecule has 26 heavy (non-hydrogen) atoms. The first-order valence-corrected chi connectivity index (χ1v) is 10.8. The Bertz CT molecular complexity index is 1000. The second-order valence-corrected chi connectivity index (χ2v) is 8.59. The highest BCUT2D eigenvalue weighted by Crippen LogP contribution is 2.28. The van der Waals surface area contributed by atoms with Crippen LogP contribution in [0.5, 0.6) is 0 Å². The number of benzene rings is 2. The van der Waals surface area contributed by atoms with Crippen molar-refractivity contribution in [2.75, 3.05) is 6.26 Å². The number of fused-ring (bicyclic) bond motifs is 1. The van der Waals surface area contributed by atoms with E-state index >= 15 is 0 Å². The van der Waals surface area contributed by atoms with Crippen LogP contribution < -0.4 is 4.57 Å². The van der Waals surface area contributed by atoms with E-state index in [1.807, 2.05) is 33.2 Å². The summed E-state index contributed by atoms with van der Waals surface area (Å²) in [6.45, 7) is 1.82. The van der Waals surface area contributed by atoms with E-state index in [9.17, 15) is 13.0 Å². The summed E-state index contributed by atoms with van der Waals surface area (Å²) in [4.78, 5) is -0.178. The number of imidazole rings is 1. The summed E-state index contributed by atoms with van der Waals surface area (Å²) in [7, 11) is -0.217. The number of aryl methyl sites for hydroxylation is 3. The van der Waals surface area contributed by atoms with Gasteiger partial charge in [-0.3, -0.25) is 0 Å². The molecule has 0 aliphatic rings. The average Bonchev–Trinajstić information content (AvgIpc) is 2.79. The zero-order valence-corrected chi connectivity index (χ0v) is 17.8. The van der Waals surface area contributed by atoms with Gasteiger partial charge >= 0.3 is 5.16 Å². The van der Waals surface area contributed by atoms with Crippen LogP contribution in [-0.2, 0) is 24.2 Å². The number of hydrogen-bond donors (Lipinski definition) is 0. The summed E-state index contributed by atoms with van der Waals surface area (Å²) in [6, 6.07) is 9.59. The lowest BCUT2D eigenvalue weighted by Gasteiger charge is -2.05. The lowest BCUT2D eigenvalue weighted by Crippen LogP contribution is -2.29. The second-order valence-electron chi connectivity index (χ2n) is 5.63. The largest absolute Gasteiger partial charge is 0.744 e. The van der Waals surface area contributed by atoms with Crippen molar-refractivity contribution in [1.29, 1.82) is 0 Å². The Kier molecular flexibility index (Phi) is 6.63. The van der Waals surface area contributed by atoms with Crippen LogP contribution in [0.25, 0.3) is 11.0 Å². The average molecular weight is 433 g/mol. The molecule has 0 N–H and O–H groups in total. The molecule has 140 valence electrons. The molecule has 1 heterocycles. The van der Waals surface area contributed by atoms with Crippen LogP contribution in [0, 0.1) is 6.92 Å². The number of halogens is 2. The molecule has 5 nitrogen and oxygen atoms in total. The smallest absolute Gasteiger partial charge is 0.318 e. The number of rotatable bonds is 2. The maximum absolute atomic E-state index is 10.4. The van der Waals surface area contributed by atoms with Crippen molar-refractivity contribution >= 4 is 56.1 Å². The van der Waals surface area contributed by atoms with Crippen molar-refractivity contribution in [3.63, 3.8) is 0 Å². The van der Waals surface area contributed by atoms with Gasteiger partial charge in [0.15, 0.2) is 11.0 Å². The van der Waals surface area contributed by atoms with E-state index in [2.05, 4.69) is 15.4 Å². The Morgan fingerprint density at radius 2 is 1.65 bits per heavy atom. The van der Waals surface area contributed by atoms with Crippen LogP contribution in [0.4, 0.5) is 0 Å². The van der Waals surface area contributed by atoms with Crippen molar-refractivity contribution in [3.8, 4) is 0 Å². The fourth-order valence-corrected chi connectivity index (χ4v) is 4.00. The van der Waals surface area contributed by atoms with Gasteiger partial charge in [-0.25, -0.2) is 17.6 Å². The van der Waals surface area contributed by atoms with Crippen molar-refractivity contribution in [3.05, 3.63) is 52.0 Å². The molecule has 0 aliphatic carbocycles. The standard InChI is InChI=1S/C10H11Cl2N2S.C7H8O3S/c1-13-8-4-6(11)7(12)5-9(8)14(2)10(13)15-3;1-6-2-4-7(5-3-6)11(8,9)10/h4-5H,1-3H3;2-5H,1H3,(H,8,9,10)/q+1;/p-1. The van der Waals surface area contributed by atoms with Gasteiger partial charge in [-0.05, 0) is 37.1 Å². The van der Waals surface area contributed by atoms with E-state index in [0.717, 1.165) is 16.6 Å². The van der Waals surface area contributed by atoms with Gasteiger partial charge in [-0.15, -0.1) is 0 Å². The van der Waals surface area contributed by atoms with Gasteiger partial charge in [0.25, 0.3) is 0 Å². The Hall–Kier alpha value is -1.25. The van der Waals surface area contributed by atoms with E-state index < -0.39 is 10.1 Å². The quantitative estimate of drug-likeness (QED) is 0.349. The second kappa shape index (κ2) is 8.19. The zero-order valence-electron chi connectivity index (χ0n) is 14.7. The molecule has 0 fully saturated rings. The van der Waals surface area contributed by atoms with E-state index in [1.54, 1.807) is 23.9 Å². The Morgan fingerprint density at radius 3 is 2.15 bits per heavy atom. The first-order chi connectivity index (χ1) is 12.1. The fraction of sp³-hybridized carbons (Fsp3) is 0.235. The molecule has 0 amide bonds. The molecule has 0 bridgehead atoms. The van der Waals surface area contributed by atoms with Crippen LogP contribution in [-0.4, -0.2) is 23.8 Å². The zero-order chi connectivity index (χ0) is 19.6. The molecule has 2 aromatic carbocycles. The van der Waals surface area contributed by atoms with Gasteiger partial charge in [0.1, 0.15) is 10.1 Å². The van der Waals surface area contributed by atoms with Gasteiger partial charge in [0, 0.05) is 12.1 Å². The first-order valence-electron chi connectivity index (χ1n) is 7.46. The van der Waals surface area contributed by atoms with E-state index in [-0.39, 0.29) is 4.90 Å². The summed E-state index contributed by atoms with van der Waals surface area (Å²) in [5.74, 6) is 0. The lowest BCUT2D eigenvalue weighted by molar-refractivity contribution is -0.685. The third-order valence-corrected chi connectivity index (χ3v) is 6.29. The lowest BCUT2D eigenvalue weighted by atomic mass is 10.2. The van der Waals surface area contributed by atoms with Crippen LogP contribution in [0.3, 0.4) is 0 Å². The predicted octanol–water partition coefficient (Wildman–Crippen LogP) is 3.93. The monoisotopic (exact) mass is 432 g/mol. The summed E-state index contributed by atoms with van der Waals surface area (Å²) in [6.07, 6.45) is 2.05. The van der Waals surface area contributed by atoms with Crippen LogP contribution >= 0.6 is 35.0 Å². The first kappa shape index (κ1) is 21.1. The molecule has 1 aromatic heterocycles. The van der Waals surface area contributed by atoms with E-state index in [1.165, 1.54) is 17.3 Å². The molecule has 3 aromatic rings. The minimum Gasteiger partial charge on any atom is -0.744 e. The minimum atomic E-state index is -4.27. The SMILES string of the molecule is CSc1n(C)c2cc(Cl)c(Cl)cc2[n+]1C.Cc1ccc(S(=O)(=O)[O-])cc1. The Labute approximate surface area is 167 Å². The highest BCUT2D eigenvalue weighted by Gasteiger charge is 2.20. The molecular formula is C17H18Cl2N2O3S2. The molecular weight excluding hydrogens is 415 g/mol. The number of hydrogen-bond acceptors (Lipinski definition) is 4.